The topological polar surface area (TPSA) is 54.5 Å². The number of halogens is 1. The summed E-state index contributed by atoms with van der Waals surface area (Å²) in [6.07, 6.45) is 0. The first-order valence-electron chi connectivity index (χ1n) is 1.45. The lowest BCUT2D eigenvalue weighted by atomic mass is 11.4. The molecule has 0 aromatic carbocycles. The summed E-state index contributed by atoms with van der Waals surface area (Å²) in [5.41, 5.74) is 0. The molecule has 0 saturated heterocycles. The van der Waals surface area contributed by atoms with Crippen LogP contribution < -0.4 is 0 Å². The molecule has 0 amide bonds. The van der Waals surface area contributed by atoms with E-state index in [0.717, 1.165) is 0 Å². The Hall–Kier alpha value is -0.650. The minimum Gasteiger partial charge on any atom is -0.176 e. The van der Waals surface area contributed by atoms with Gasteiger partial charge in [-0.2, -0.15) is 9.10 Å². The van der Waals surface area contributed by atoms with E-state index in [1.54, 1.807) is 0 Å². The van der Waals surface area contributed by atoms with Crippen LogP contribution in [0.3, 0.4) is 0 Å². The van der Waals surface area contributed by atoms with Crippen molar-refractivity contribution < 1.29 is 3.89 Å². The quantitative estimate of drug-likeness (QED) is 0.574. The summed E-state index contributed by atoms with van der Waals surface area (Å²) in [7, 11) is 0. The molecule has 0 saturated carbocycles. The molecule has 0 aliphatic heterocycles. The van der Waals surface area contributed by atoms with Gasteiger partial charge in [-0.05, 0) is 5.21 Å². The molecule has 0 radical (unpaired) electrons. The lowest BCUT2D eigenvalue weighted by Crippen LogP contribution is -1.66. The highest BCUT2D eigenvalue weighted by molar-refractivity contribution is 7.94. The van der Waals surface area contributed by atoms with E-state index >= 15 is 0 Å². The van der Waals surface area contributed by atoms with E-state index in [1.807, 2.05) is 0 Å². The van der Waals surface area contributed by atoms with Crippen molar-refractivity contribution in [2.24, 2.45) is 0 Å². The second kappa shape index (κ2) is 1.87. The van der Waals surface area contributed by atoms with Gasteiger partial charge in [0.1, 0.15) is 12.1 Å². The first-order chi connectivity index (χ1) is 3.43. The van der Waals surface area contributed by atoms with Gasteiger partial charge in [-0.3, -0.25) is 0 Å². The average Bonchev–Trinajstić information content (AvgIpc) is 2.14. The molecule has 0 spiro atoms. The number of hydrogen-bond donors (Lipinski definition) is 1. The Morgan fingerprint density at radius 2 is 2.57 bits per heavy atom. The van der Waals surface area contributed by atoms with Crippen LogP contribution in [0.15, 0.2) is 5.16 Å². The zero-order valence-corrected chi connectivity index (χ0v) is 3.94. The number of aromatic nitrogens is 4. The van der Waals surface area contributed by atoms with Crippen LogP contribution in [0.4, 0.5) is 3.89 Å². The summed E-state index contributed by atoms with van der Waals surface area (Å²) in [6, 6.07) is 0. The second-order valence-electron chi connectivity index (χ2n) is 0.772. The molecular weight excluding hydrogens is 119 g/mol. The summed E-state index contributed by atoms with van der Waals surface area (Å²) in [5, 5.41) is 11.8. The summed E-state index contributed by atoms with van der Waals surface area (Å²) in [6.45, 7) is 0. The Morgan fingerprint density at radius 3 is 2.86 bits per heavy atom. The van der Waals surface area contributed by atoms with Crippen molar-refractivity contribution in [1.29, 1.82) is 0 Å². The van der Waals surface area contributed by atoms with Crippen LogP contribution in [0, 0.1) is 0 Å². The molecule has 1 rings (SSSR count). The van der Waals surface area contributed by atoms with Crippen LogP contribution >= 0.6 is 12.1 Å². The third kappa shape index (κ3) is 0.861. The number of nitrogens with one attached hydrogen (secondary N) is 1. The Balaban J connectivity index is 2.76. The van der Waals surface area contributed by atoms with Gasteiger partial charge in [-0.1, -0.05) is 5.10 Å². The number of aromatic amines is 1. The third-order valence-electron chi connectivity index (χ3n) is 0.395. The fraction of sp³-hybridized carbons (Fsp3) is 0. The zero-order valence-electron chi connectivity index (χ0n) is 3.13. The highest BCUT2D eigenvalue weighted by Gasteiger charge is 1.92. The average molecular weight is 120 g/mol. The second-order valence-corrected chi connectivity index (χ2v) is 1.29. The minimum absolute atomic E-state index is 0.0139. The van der Waals surface area contributed by atoms with Gasteiger partial charge in [-0.15, -0.1) is 5.10 Å². The maximum atomic E-state index is 11.3. The van der Waals surface area contributed by atoms with E-state index in [9.17, 15) is 3.89 Å². The van der Waals surface area contributed by atoms with Crippen LogP contribution in [-0.4, -0.2) is 20.6 Å². The van der Waals surface area contributed by atoms with Crippen LogP contribution in [0.25, 0.3) is 0 Å². The Morgan fingerprint density at radius 1 is 1.71 bits per heavy atom. The normalized spacial score (nSPS) is 9.29. The molecule has 7 heavy (non-hydrogen) atoms. The van der Waals surface area contributed by atoms with Gasteiger partial charge in [0.2, 0.25) is 0 Å². The van der Waals surface area contributed by atoms with Crippen LogP contribution in [0.1, 0.15) is 0 Å². The summed E-state index contributed by atoms with van der Waals surface area (Å²) >= 11 is -0.0405. The van der Waals surface area contributed by atoms with Crippen molar-refractivity contribution in [1.82, 2.24) is 20.6 Å². The molecule has 38 valence electrons. The molecule has 1 heterocycles. The molecule has 0 aliphatic rings. The molecule has 6 heteroatoms. The van der Waals surface area contributed by atoms with Gasteiger partial charge in [-0.25, -0.2) is 0 Å². The van der Waals surface area contributed by atoms with Crippen LogP contribution in [0.5, 0.6) is 0 Å². The smallest absolute Gasteiger partial charge is 0.176 e. The van der Waals surface area contributed by atoms with Gasteiger partial charge >= 0.3 is 0 Å². The van der Waals surface area contributed by atoms with E-state index < -0.39 is 0 Å². The fourth-order valence-electron chi connectivity index (χ4n) is 0.185. The highest BCUT2D eigenvalue weighted by Crippen LogP contribution is 2.08. The van der Waals surface area contributed by atoms with Crippen molar-refractivity contribution in [2.75, 3.05) is 0 Å². The largest absolute Gasteiger partial charge is 0.262 e. The predicted octanol–water partition coefficient (Wildman–Crippen LogP) is 0.176. The third-order valence-corrected chi connectivity index (χ3v) is 0.706. The molecule has 1 aromatic heterocycles. The molecule has 0 atom stereocenters. The molecule has 0 aliphatic carbocycles. The van der Waals surface area contributed by atoms with Crippen molar-refractivity contribution >= 4 is 12.1 Å². The molecule has 0 bridgehead atoms. The Labute approximate surface area is 42.8 Å². The van der Waals surface area contributed by atoms with E-state index in [4.69, 9.17) is 0 Å². The molecule has 1 aromatic rings. The standard InChI is InChI=1S/CHFN4S/c2-7-1-3-5-6-4-1/h(H,3,4,5,6). The Kier molecular flexibility index (Phi) is 1.21. The highest BCUT2D eigenvalue weighted by atomic mass is 32.2. The minimum atomic E-state index is -0.0405. The van der Waals surface area contributed by atoms with E-state index in [0.29, 0.717) is 0 Å². The lowest BCUT2D eigenvalue weighted by molar-refractivity contribution is 0.881. The van der Waals surface area contributed by atoms with Gasteiger partial charge in [0, 0.05) is 0 Å². The van der Waals surface area contributed by atoms with Gasteiger partial charge in [0.15, 0.2) is 0 Å². The van der Waals surface area contributed by atoms with E-state index in [2.05, 4.69) is 20.6 Å². The lowest BCUT2D eigenvalue weighted by Gasteiger charge is -1.67. The summed E-state index contributed by atoms with van der Waals surface area (Å²) < 4.78 is 11.3. The summed E-state index contributed by atoms with van der Waals surface area (Å²) in [4.78, 5) is 0. The van der Waals surface area contributed by atoms with E-state index in [1.165, 1.54) is 0 Å². The number of nitrogens with zero attached hydrogens (tertiary/aromatic N) is 3. The van der Waals surface area contributed by atoms with Crippen LogP contribution in [0.2, 0.25) is 0 Å². The fourth-order valence-corrected chi connectivity index (χ4v) is 0.332. The first-order valence-corrected chi connectivity index (χ1v) is 2.17. The molecular formula is CHFN4S. The maximum Gasteiger partial charge on any atom is 0.262 e. The molecule has 0 unspecified atom stereocenters. The van der Waals surface area contributed by atoms with Gasteiger partial charge < -0.3 is 0 Å². The van der Waals surface area contributed by atoms with E-state index in [-0.39, 0.29) is 17.3 Å². The first kappa shape index (κ1) is 4.51. The van der Waals surface area contributed by atoms with Crippen LogP contribution in [-0.2, 0) is 0 Å². The molecule has 0 fully saturated rings. The zero-order chi connectivity index (χ0) is 5.11. The number of H-pyrrole nitrogens is 1. The molecule has 4 nitrogen and oxygen atoms in total. The Bertz CT molecular complexity index is 126. The molecule has 1 N–H and O–H groups in total. The monoisotopic (exact) mass is 120 g/mol. The number of tetrazole rings is 1. The van der Waals surface area contributed by atoms with Crippen molar-refractivity contribution in [3.05, 3.63) is 0 Å². The van der Waals surface area contributed by atoms with Gasteiger partial charge in [0.05, 0.1) is 0 Å². The maximum absolute atomic E-state index is 11.3. The van der Waals surface area contributed by atoms with Crippen molar-refractivity contribution in [3.8, 4) is 0 Å². The summed E-state index contributed by atoms with van der Waals surface area (Å²) in [5.74, 6) is 0. The SMILES string of the molecule is FSc1nn[nH]n1. The predicted molar refractivity (Wildman–Crippen MR) is 21.1 cm³/mol. The number of rotatable bonds is 1. The van der Waals surface area contributed by atoms with Crippen molar-refractivity contribution in [2.45, 2.75) is 5.16 Å². The van der Waals surface area contributed by atoms with Gasteiger partial charge in [0.25, 0.3) is 5.16 Å². The van der Waals surface area contributed by atoms with Crippen molar-refractivity contribution in [3.63, 3.8) is 0 Å². The number of hydrogen-bond acceptors (Lipinski definition) is 4.